The summed E-state index contributed by atoms with van der Waals surface area (Å²) in [4.78, 5) is 8.03. The molecular weight excluding hydrogens is 267 g/mol. The summed E-state index contributed by atoms with van der Waals surface area (Å²) in [5.74, 6) is 0.0679. The molecule has 1 aromatic heterocycles. The molecule has 1 saturated heterocycles. The topological polar surface area (TPSA) is 19.4 Å². The Hall–Kier alpha value is -1.30. The van der Waals surface area contributed by atoms with Crippen molar-refractivity contribution in [2.45, 2.75) is 25.9 Å². The number of aromatic nitrogens is 1. The molecule has 0 spiro atoms. The van der Waals surface area contributed by atoms with Crippen LogP contribution >= 0.6 is 0 Å². The number of pyridine rings is 1. The average molecular weight is 287 g/mol. The van der Waals surface area contributed by atoms with Crippen molar-refractivity contribution >= 4 is 5.82 Å². The van der Waals surface area contributed by atoms with Crippen LogP contribution in [0, 0.1) is 0 Å². The molecule has 2 heterocycles. The number of nitrogens with zero attached hydrogens (tertiary/aromatic N) is 3. The molecule has 112 valence electrons. The zero-order valence-electron chi connectivity index (χ0n) is 11.7. The second-order valence-corrected chi connectivity index (χ2v) is 5.05. The molecular formula is C14H20F3N3. The van der Waals surface area contributed by atoms with E-state index in [9.17, 15) is 13.2 Å². The Morgan fingerprint density at radius 1 is 1.20 bits per heavy atom. The number of hydrogen-bond acceptors (Lipinski definition) is 3. The highest BCUT2D eigenvalue weighted by atomic mass is 19.4. The second-order valence-electron chi connectivity index (χ2n) is 5.05. The van der Waals surface area contributed by atoms with Gasteiger partial charge in [0.15, 0.2) is 0 Å². The quantitative estimate of drug-likeness (QED) is 0.852. The van der Waals surface area contributed by atoms with Crippen LogP contribution in [0.5, 0.6) is 0 Å². The zero-order valence-corrected chi connectivity index (χ0v) is 11.7. The Bertz CT molecular complexity index is 434. The fourth-order valence-electron chi connectivity index (χ4n) is 2.59. The number of halogens is 3. The minimum Gasteiger partial charge on any atom is -0.355 e. The van der Waals surface area contributed by atoms with Crippen LogP contribution in [0.25, 0.3) is 0 Å². The molecule has 1 fully saturated rings. The van der Waals surface area contributed by atoms with Gasteiger partial charge in [-0.3, -0.25) is 0 Å². The van der Waals surface area contributed by atoms with Crippen LogP contribution in [0.2, 0.25) is 0 Å². The normalized spacial score (nSPS) is 18.1. The van der Waals surface area contributed by atoms with Gasteiger partial charge in [-0.05, 0) is 38.1 Å². The van der Waals surface area contributed by atoms with E-state index in [0.717, 1.165) is 38.5 Å². The van der Waals surface area contributed by atoms with Gasteiger partial charge in [-0.2, -0.15) is 13.2 Å². The lowest BCUT2D eigenvalue weighted by Crippen LogP contribution is -2.32. The molecule has 6 heteroatoms. The minimum absolute atomic E-state index is 0.0679. The van der Waals surface area contributed by atoms with Gasteiger partial charge < -0.3 is 9.80 Å². The number of anilines is 1. The van der Waals surface area contributed by atoms with Crippen LogP contribution in [0.4, 0.5) is 19.0 Å². The maximum Gasteiger partial charge on any atom is 0.419 e. The molecule has 2 rings (SSSR count). The van der Waals surface area contributed by atoms with Crippen molar-refractivity contribution in [3.05, 3.63) is 23.9 Å². The van der Waals surface area contributed by atoms with E-state index < -0.39 is 11.7 Å². The summed E-state index contributed by atoms with van der Waals surface area (Å²) in [6, 6.07) is 2.45. The monoisotopic (exact) mass is 287 g/mol. The molecule has 1 aliphatic heterocycles. The lowest BCUT2D eigenvalue weighted by molar-refractivity contribution is -0.137. The average Bonchev–Trinajstić information content (AvgIpc) is 2.64. The van der Waals surface area contributed by atoms with Gasteiger partial charge >= 0.3 is 6.18 Å². The fourth-order valence-corrected chi connectivity index (χ4v) is 2.59. The molecule has 0 N–H and O–H groups in total. The zero-order chi connectivity index (χ0) is 14.6. The first-order valence-corrected chi connectivity index (χ1v) is 7.02. The van der Waals surface area contributed by atoms with E-state index in [1.54, 1.807) is 4.90 Å². The van der Waals surface area contributed by atoms with Crippen molar-refractivity contribution in [3.8, 4) is 0 Å². The maximum atomic E-state index is 13.0. The summed E-state index contributed by atoms with van der Waals surface area (Å²) < 4.78 is 39.1. The molecule has 1 aliphatic rings. The van der Waals surface area contributed by atoms with Gasteiger partial charge in [0.1, 0.15) is 5.82 Å². The van der Waals surface area contributed by atoms with E-state index in [4.69, 9.17) is 0 Å². The molecule has 0 atom stereocenters. The van der Waals surface area contributed by atoms with Crippen molar-refractivity contribution in [2.24, 2.45) is 0 Å². The van der Waals surface area contributed by atoms with Crippen LogP contribution in [0.3, 0.4) is 0 Å². The summed E-state index contributed by atoms with van der Waals surface area (Å²) in [6.07, 6.45) is -0.983. The van der Waals surface area contributed by atoms with Crippen molar-refractivity contribution < 1.29 is 13.2 Å². The van der Waals surface area contributed by atoms with E-state index >= 15 is 0 Å². The van der Waals surface area contributed by atoms with Gasteiger partial charge in [-0.15, -0.1) is 0 Å². The maximum absolute atomic E-state index is 13.0. The molecule has 0 radical (unpaired) electrons. The van der Waals surface area contributed by atoms with Crippen LogP contribution in [0.1, 0.15) is 25.3 Å². The first-order chi connectivity index (χ1) is 9.52. The Morgan fingerprint density at radius 3 is 2.70 bits per heavy atom. The molecule has 3 nitrogen and oxygen atoms in total. The van der Waals surface area contributed by atoms with E-state index in [1.165, 1.54) is 12.3 Å². The standard InChI is InChI=1S/C14H20F3N3/c1-2-7-19-8-4-9-20(11-10-19)13-12(14(15,16)17)5-3-6-18-13/h3,5-6H,2,4,7-11H2,1H3. The first-order valence-electron chi connectivity index (χ1n) is 7.02. The molecule has 0 amide bonds. The number of hydrogen-bond donors (Lipinski definition) is 0. The second kappa shape index (κ2) is 6.43. The first kappa shape index (κ1) is 15.1. The van der Waals surface area contributed by atoms with E-state index in [-0.39, 0.29) is 5.82 Å². The molecule has 0 aromatic carbocycles. The SMILES string of the molecule is CCCN1CCCN(c2ncccc2C(F)(F)F)CC1. The highest BCUT2D eigenvalue weighted by Crippen LogP contribution is 2.35. The van der Waals surface area contributed by atoms with Crippen molar-refractivity contribution in [1.82, 2.24) is 9.88 Å². The summed E-state index contributed by atoms with van der Waals surface area (Å²) >= 11 is 0. The third-order valence-corrected chi connectivity index (χ3v) is 3.52. The summed E-state index contributed by atoms with van der Waals surface area (Å²) in [5, 5.41) is 0. The smallest absolute Gasteiger partial charge is 0.355 e. The number of rotatable bonds is 3. The predicted octanol–water partition coefficient (Wildman–Crippen LogP) is 3.02. The Kier molecular flexibility index (Phi) is 4.86. The lowest BCUT2D eigenvalue weighted by Gasteiger charge is -2.25. The van der Waals surface area contributed by atoms with E-state index in [2.05, 4.69) is 16.8 Å². The summed E-state index contributed by atoms with van der Waals surface area (Å²) in [6.45, 7) is 6.08. The Morgan fingerprint density at radius 2 is 2.00 bits per heavy atom. The largest absolute Gasteiger partial charge is 0.419 e. The summed E-state index contributed by atoms with van der Waals surface area (Å²) in [7, 11) is 0. The minimum atomic E-state index is -4.35. The van der Waals surface area contributed by atoms with Gasteiger partial charge in [-0.25, -0.2) is 4.98 Å². The van der Waals surface area contributed by atoms with Crippen LogP contribution in [-0.2, 0) is 6.18 Å². The fraction of sp³-hybridized carbons (Fsp3) is 0.643. The third kappa shape index (κ3) is 3.62. The van der Waals surface area contributed by atoms with E-state index in [0.29, 0.717) is 13.1 Å². The molecule has 0 unspecified atom stereocenters. The van der Waals surface area contributed by atoms with Crippen molar-refractivity contribution in [3.63, 3.8) is 0 Å². The third-order valence-electron chi connectivity index (χ3n) is 3.52. The van der Waals surface area contributed by atoms with Gasteiger partial charge in [-0.1, -0.05) is 6.92 Å². The van der Waals surface area contributed by atoms with Crippen LogP contribution < -0.4 is 4.90 Å². The van der Waals surface area contributed by atoms with Crippen LogP contribution in [-0.4, -0.2) is 42.6 Å². The molecule has 0 bridgehead atoms. The van der Waals surface area contributed by atoms with E-state index in [1.807, 2.05) is 0 Å². The highest BCUT2D eigenvalue weighted by molar-refractivity contribution is 5.48. The van der Waals surface area contributed by atoms with Gasteiger partial charge in [0.25, 0.3) is 0 Å². The van der Waals surface area contributed by atoms with Crippen molar-refractivity contribution in [1.29, 1.82) is 0 Å². The molecule has 0 aliphatic carbocycles. The Balaban J connectivity index is 2.16. The van der Waals surface area contributed by atoms with Gasteiger partial charge in [0, 0.05) is 25.8 Å². The molecule has 0 saturated carbocycles. The Labute approximate surface area is 117 Å². The lowest BCUT2D eigenvalue weighted by atomic mass is 10.2. The van der Waals surface area contributed by atoms with Crippen molar-refractivity contribution in [2.75, 3.05) is 37.6 Å². The predicted molar refractivity (Wildman–Crippen MR) is 72.8 cm³/mol. The molecule has 20 heavy (non-hydrogen) atoms. The summed E-state index contributed by atoms with van der Waals surface area (Å²) in [5.41, 5.74) is -0.635. The molecule has 1 aromatic rings. The van der Waals surface area contributed by atoms with Gasteiger partial charge in [0.05, 0.1) is 5.56 Å². The number of alkyl halides is 3. The van der Waals surface area contributed by atoms with Crippen LogP contribution in [0.15, 0.2) is 18.3 Å². The highest BCUT2D eigenvalue weighted by Gasteiger charge is 2.35. The van der Waals surface area contributed by atoms with Gasteiger partial charge in [0.2, 0.25) is 0 Å².